The van der Waals surface area contributed by atoms with E-state index in [2.05, 4.69) is 49.9 Å². The van der Waals surface area contributed by atoms with Crippen LogP contribution in [0.1, 0.15) is 52.0 Å². The van der Waals surface area contributed by atoms with Crippen molar-refractivity contribution in [2.75, 3.05) is 24.6 Å². The molecule has 0 fully saturated rings. The first-order chi connectivity index (χ1) is 10.3. The van der Waals surface area contributed by atoms with Crippen LogP contribution in [0.5, 0.6) is 0 Å². The molecule has 0 saturated heterocycles. The number of nitrogens with zero attached hydrogens (tertiary/aromatic N) is 1. The molecule has 0 aliphatic carbocycles. The van der Waals surface area contributed by atoms with Gasteiger partial charge in [-0.2, -0.15) is 0 Å². The van der Waals surface area contributed by atoms with Crippen molar-refractivity contribution >= 4 is 5.69 Å². The predicted molar refractivity (Wildman–Crippen MR) is 92.9 cm³/mol. The van der Waals surface area contributed by atoms with Gasteiger partial charge in [-0.15, -0.1) is 0 Å². The summed E-state index contributed by atoms with van der Waals surface area (Å²) in [6.07, 6.45) is 9.45. The zero-order valence-corrected chi connectivity index (χ0v) is 14.0. The lowest BCUT2D eigenvalue weighted by atomic mass is 10.1. The Hall–Kier alpha value is -1.44. The summed E-state index contributed by atoms with van der Waals surface area (Å²) in [5.74, 6) is 0. The molecular formula is C19H31NO. The van der Waals surface area contributed by atoms with Gasteiger partial charge < -0.3 is 9.64 Å². The minimum atomic E-state index is 0.802. The molecule has 2 heteroatoms. The summed E-state index contributed by atoms with van der Waals surface area (Å²) in [5.41, 5.74) is 2.75. The van der Waals surface area contributed by atoms with Gasteiger partial charge in [0.15, 0.2) is 0 Å². The van der Waals surface area contributed by atoms with Crippen molar-refractivity contribution in [3.05, 3.63) is 42.2 Å². The normalized spacial score (nSPS) is 11.0. The molecule has 0 aliphatic heterocycles. The van der Waals surface area contributed by atoms with Crippen molar-refractivity contribution < 1.29 is 4.74 Å². The minimum absolute atomic E-state index is 0.802. The molecule has 1 aromatic rings. The highest BCUT2D eigenvalue weighted by Gasteiger charge is 2.04. The first-order valence-electron chi connectivity index (χ1n) is 8.42. The van der Waals surface area contributed by atoms with Gasteiger partial charge in [-0.25, -0.2) is 0 Å². The van der Waals surface area contributed by atoms with E-state index < -0.39 is 0 Å². The van der Waals surface area contributed by atoms with E-state index in [1.165, 1.54) is 24.1 Å². The fraction of sp³-hybridized carbons (Fsp3) is 0.579. The van der Waals surface area contributed by atoms with Crippen LogP contribution in [0.25, 0.3) is 0 Å². The molecule has 0 bridgehead atoms. The Balaban J connectivity index is 2.40. The van der Waals surface area contributed by atoms with E-state index in [1.54, 1.807) is 0 Å². The second-order valence-electron chi connectivity index (χ2n) is 5.41. The van der Waals surface area contributed by atoms with Crippen LogP contribution in [0.4, 0.5) is 5.69 Å². The number of allylic oxidation sites excluding steroid dienone is 1. The van der Waals surface area contributed by atoms with Gasteiger partial charge >= 0.3 is 0 Å². The monoisotopic (exact) mass is 289 g/mol. The standard InChI is InChI=1S/C19H31NO/c1-4-7-16-21-17-8-9-18-10-12-19(13-11-18)20(14-5-2)15-6-3/h7,10-13,16H,4-6,8-9,14-15,17H2,1-3H3. The highest BCUT2D eigenvalue weighted by Crippen LogP contribution is 2.17. The molecule has 1 rings (SSSR count). The lowest BCUT2D eigenvalue weighted by Gasteiger charge is -2.24. The Morgan fingerprint density at radius 1 is 1.00 bits per heavy atom. The first-order valence-corrected chi connectivity index (χ1v) is 8.42. The highest BCUT2D eigenvalue weighted by atomic mass is 16.5. The van der Waals surface area contributed by atoms with Crippen LogP contribution in [-0.2, 0) is 11.2 Å². The lowest BCUT2D eigenvalue weighted by molar-refractivity contribution is 0.244. The van der Waals surface area contributed by atoms with Crippen molar-refractivity contribution in [2.24, 2.45) is 0 Å². The van der Waals surface area contributed by atoms with E-state index in [9.17, 15) is 0 Å². The maximum atomic E-state index is 5.43. The summed E-state index contributed by atoms with van der Waals surface area (Å²) in [6, 6.07) is 9.04. The van der Waals surface area contributed by atoms with Gasteiger partial charge in [0.2, 0.25) is 0 Å². The first kappa shape index (κ1) is 17.6. The van der Waals surface area contributed by atoms with Crippen LogP contribution in [-0.4, -0.2) is 19.7 Å². The van der Waals surface area contributed by atoms with E-state index in [1.807, 2.05) is 12.3 Å². The molecule has 0 unspecified atom stereocenters. The zero-order valence-electron chi connectivity index (χ0n) is 14.0. The molecule has 21 heavy (non-hydrogen) atoms. The van der Waals surface area contributed by atoms with Gasteiger partial charge in [0, 0.05) is 18.8 Å². The molecule has 0 spiro atoms. The van der Waals surface area contributed by atoms with Crippen LogP contribution in [0.3, 0.4) is 0 Å². The summed E-state index contributed by atoms with van der Waals surface area (Å²) in [5, 5.41) is 0. The van der Waals surface area contributed by atoms with Gasteiger partial charge in [-0.1, -0.05) is 39.0 Å². The number of aryl methyl sites for hydroxylation is 1. The number of rotatable bonds is 11. The van der Waals surface area contributed by atoms with E-state index in [-0.39, 0.29) is 0 Å². The second kappa shape index (κ2) is 11.2. The quantitative estimate of drug-likeness (QED) is 0.411. The van der Waals surface area contributed by atoms with Crippen LogP contribution in [0.15, 0.2) is 36.6 Å². The molecule has 0 saturated carbocycles. The Morgan fingerprint density at radius 2 is 1.67 bits per heavy atom. The third kappa shape index (κ3) is 7.22. The average Bonchev–Trinajstić information content (AvgIpc) is 2.51. The molecule has 1 aromatic carbocycles. The van der Waals surface area contributed by atoms with Gasteiger partial charge in [0.25, 0.3) is 0 Å². The molecule has 0 aliphatic rings. The fourth-order valence-corrected chi connectivity index (χ4v) is 2.38. The van der Waals surface area contributed by atoms with Gasteiger partial charge in [-0.05, 0) is 49.8 Å². The van der Waals surface area contributed by atoms with Gasteiger partial charge in [0.05, 0.1) is 12.9 Å². The van der Waals surface area contributed by atoms with Gasteiger partial charge in [0.1, 0.15) is 0 Å². The van der Waals surface area contributed by atoms with Crippen molar-refractivity contribution in [3.8, 4) is 0 Å². The second-order valence-corrected chi connectivity index (χ2v) is 5.41. The summed E-state index contributed by atoms with van der Waals surface area (Å²) in [4.78, 5) is 2.47. The van der Waals surface area contributed by atoms with Crippen molar-refractivity contribution in [3.63, 3.8) is 0 Å². The van der Waals surface area contributed by atoms with Crippen LogP contribution < -0.4 is 4.90 Å². The third-order valence-corrected chi connectivity index (χ3v) is 3.44. The molecule has 118 valence electrons. The number of hydrogen-bond donors (Lipinski definition) is 0. The average molecular weight is 289 g/mol. The molecule has 2 nitrogen and oxygen atoms in total. The molecule has 0 atom stereocenters. The molecular weight excluding hydrogens is 258 g/mol. The maximum absolute atomic E-state index is 5.43. The summed E-state index contributed by atoms with van der Waals surface area (Å²) in [6.45, 7) is 9.68. The molecule has 0 N–H and O–H groups in total. The number of hydrogen-bond acceptors (Lipinski definition) is 2. The number of benzene rings is 1. The SMILES string of the molecule is CCC=COCCCc1ccc(N(CCC)CCC)cc1. The van der Waals surface area contributed by atoms with E-state index >= 15 is 0 Å². The topological polar surface area (TPSA) is 12.5 Å². The van der Waals surface area contributed by atoms with E-state index in [0.29, 0.717) is 0 Å². The summed E-state index contributed by atoms with van der Waals surface area (Å²) < 4.78 is 5.43. The smallest absolute Gasteiger partial charge is 0.0876 e. The Morgan fingerprint density at radius 3 is 2.24 bits per heavy atom. The largest absolute Gasteiger partial charge is 0.502 e. The Kier molecular flexibility index (Phi) is 9.43. The molecule has 0 heterocycles. The molecule has 0 amide bonds. The van der Waals surface area contributed by atoms with Crippen molar-refractivity contribution in [2.45, 2.75) is 52.9 Å². The van der Waals surface area contributed by atoms with Crippen molar-refractivity contribution in [1.29, 1.82) is 0 Å². The molecule has 0 aromatic heterocycles. The van der Waals surface area contributed by atoms with Crippen LogP contribution in [0.2, 0.25) is 0 Å². The van der Waals surface area contributed by atoms with Crippen LogP contribution in [0, 0.1) is 0 Å². The van der Waals surface area contributed by atoms with Crippen molar-refractivity contribution in [1.82, 2.24) is 0 Å². The third-order valence-electron chi connectivity index (χ3n) is 3.44. The fourth-order valence-electron chi connectivity index (χ4n) is 2.38. The summed E-state index contributed by atoms with van der Waals surface area (Å²) in [7, 11) is 0. The molecule has 0 radical (unpaired) electrons. The van der Waals surface area contributed by atoms with E-state index in [0.717, 1.165) is 39.0 Å². The summed E-state index contributed by atoms with van der Waals surface area (Å²) >= 11 is 0. The number of anilines is 1. The number of ether oxygens (including phenoxy) is 1. The predicted octanol–water partition coefficient (Wildman–Crippen LogP) is 5.19. The Bertz CT molecular complexity index is 377. The van der Waals surface area contributed by atoms with E-state index in [4.69, 9.17) is 4.74 Å². The minimum Gasteiger partial charge on any atom is -0.502 e. The zero-order chi connectivity index (χ0) is 15.3. The highest BCUT2D eigenvalue weighted by molar-refractivity contribution is 5.47. The maximum Gasteiger partial charge on any atom is 0.0876 e. The van der Waals surface area contributed by atoms with Crippen LogP contribution >= 0.6 is 0 Å². The van der Waals surface area contributed by atoms with Gasteiger partial charge in [-0.3, -0.25) is 0 Å². The Labute approximate surface area is 130 Å². The lowest BCUT2D eigenvalue weighted by Crippen LogP contribution is -2.24.